The lowest BCUT2D eigenvalue weighted by molar-refractivity contribution is 0.0215. The SMILES string of the molecule is CC(C)n1ccc(CC2(O)CCCC(C)(C)CC2)n1. The van der Waals surface area contributed by atoms with Crippen LogP contribution in [0.15, 0.2) is 12.3 Å². The summed E-state index contributed by atoms with van der Waals surface area (Å²) < 4.78 is 1.97. The molecule has 1 saturated carbocycles. The summed E-state index contributed by atoms with van der Waals surface area (Å²) in [5.41, 5.74) is 0.849. The van der Waals surface area contributed by atoms with Gasteiger partial charge < -0.3 is 5.11 Å². The van der Waals surface area contributed by atoms with E-state index >= 15 is 0 Å². The van der Waals surface area contributed by atoms with E-state index in [9.17, 15) is 5.11 Å². The van der Waals surface area contributed by atoms with Crippen molar-refractivity contribution in [1.82, 2.24) is 9.78 Å². The first-order chi connectivity index (χ1) is 8.80. The van der Waals surface area contributed by atoms with Crippen LogP contribution in [-0.2, 0) is 6.42 Å². The Hall–Kier alpha value is -0.830. The van der Waals surface area contributed by atoms with E-state index in [1.54, 1.807) is 0 Å². The monoisotopic (exact) mass is 264 g/mol. The lowest BCUT2D eigenvalue weighted by Gasteiger charge is -2.27. The van der Waals surface area contributed by atoms with E-state index in [-0.39, 0.29) is 0 Å². The average Bonchev–Trinajstić information content (AvgIpc) is 2.70. The molecule has 0 aliphatic heterocycles. The molecule has 1 unspecified atom stereocenters. The van der Waals surface area contributed by atoms with Gasteiger partial charge >= 0.3 is 0 Å². The van der Waals surface area contributed by atoms with Crippen molar-refractivity contribution in [2.45, 2.75) is 77.9 Å². The molecule has 3 nitrogen and oxygen atoms in total. The number of hydrogen-bond acceptors (Lipinski definition) is 2. The van der Waals surface area contributed by atoms with Gasteiger partial charge in [-0.15, -0.1) is 0 Å². The minimum Gasteiger partial charge on any atom is -0.389 e. The highest BCUT2D eigenvalue weighted by Gasteiger charge is 2.34. The summed E-state index contributed by atoms with van der Waals surface area (Å²) in [6.45, 7) is 8.87. The van der Waals surface area contributed by atoms with E-state index in [0.717, 1.165) is 31.4 Å². The Kier molecular flexibility index (Phi) is 4.05. The predicted octanol–water partition coefficient (Wildman–Crippen LogP) is 3.73. The first-order valence-corrected chi connectivity index (χ1v) is 7.56. The van der Waals surface area contributed by atoms with Crippen LogP contribution >= 0.6 is 0 Å². The third-order valence-electron chi connectivity index (χ3n) is 4.47. The van der Waals surface area contributed by atoms with Gasteiger partial charge in [0.2, 0.25) is 0 Å². The number of aromatic nitrogens is 2. The Morgan fingerprint density at radius 2 is 2.00 bits per heavy atom. The molecule has 1 aromatic heterocycles. The fourth-order valence-corrected chi connectivity index (χ4v) is 2.99. The Balaban J connectivity index is 2.04. The summed E-state index contributed by atoms with van der Waals surface area (Å²) in [6.07, 6.45) is 7.96. The zero-order chi connectivity index (χ0) is 14.1. The third-order valence-corrected chi connectivity index (χ3v) is 4.47. The van der Waals surface area contributed by atoms with Gasteiger partial charge in [-0.3, -0.25) is 4.68 Å². The zero-order valence-electron chi connectivity index (χ0n) is 12.8. The largest absolute Gasteiger partial charge is 0.389 e. The fraction of sp³-hybridized carbons (Fsp3) is 0.812. The summed E-state index contributed by atoms with van der Waals surface area (Å²) in [5.74, 6) is 0. The minimum absolute atomic E-state index is 0.377. The van der Waals surface area contributed by atoms with Gasteiger partial charge in [-0.05, 0) is 51.0 Å². The highest BCUT2D eigenvalue weighted by Crippen LogP contribution is 2.39. The normalized spacial score (nSPS) is 27.5. The number of hydrogen-bond donors (Lipinski definition) is 1. The summed E-state index contributed by atoms with van der Waals surface area (Å²) in [5, 5.41) is 15.4. The third kappa shape index (κ3) is 3.82. The standard InChI is InChI=1S/C16H28N2O/c1-13(2)18-11-6-14(17-18)12-16(19)8-5-7-15(3,4)9-10-16/h6,11,13,19H,5,7-10,12H2,1-4H3. The Bertz CT molecular complexity index is 422. The molecule has 1 aliphatic carbocycles. The first kappa shape index (κ1) is 14.6. The van der Waals surface area contributed by atoms with Crippen LogP contribution in [0.2, 0.25) is 0 Å². The molecule has 1 aromatic rings. The van der Waals surface area contributed by atoms with Crippen molar-refractivity contribution in [3.8, 4) is 0 Å². The lowest BCUT2D eigenvalue weighted by atomic mass is 9.83. The van der Waals surface area contributed by atoms with Crippen LogP contribution in [0, 0.1) is 5.41 Å². The van der Waals surface area contributed by atoms with Gasteiger partial charge in [0.05, 0.1) is 11.3 Å². The van der Waals surface area contributed by atoms with E-state index in [2.05, 4.69) is 32.8 Å². The average molecular weight is 264 g/mol. The molecule has 0 amide bonds. The van der Waals surface area contributed by atoms with Crippen molar-refractivity contribution in [1.29, 1.82) is 0 Å². The van der Waals surface area contributed by atoms with Crippen molar-refractivity contribution in [3.63, 3.8) is 0 Å². The van der Waals surface area contributed by atoms with Crippen molar-refractivity contribution < 1.29 is 5.11 Å². The van der Waals surface area contributed by atoms with E-state index in [4.69, 9.17) is 0 Å². The van der Waals surface area contributed by atoms with Crippen LogP contribution in [-0.4, -0.2) is 20.5 Å². The molecule has 19 heavy (non-hydrogen) atoms. The van der Waals surface area contributed by atoms with Crippen molar-refractivity contribution in [3.05, 3.63) is 18.0 Å². The van der Waals surface area contributed by atoms with Crippen LogP contribution in [0.25, 0.3) is 0 Å². The molecular weight excluding hydrogens is 236 g/mol. The maximum absolute atomic E-state index is 10.8. The summed E-state index contributed by atoms with van der Waals surface area (Å²) >= 11 is 0. The second-order valence-corrected chi connectivity index (χ2v) is 7.30. The first-order valence-electron chi connectivity index (χ1n) is 7.56. The second-order valence-electron chi connectivity index (χ2n) is 7.30. The van der Waals surface area contributed by atoms with E-state index in [1.165, 1.54) is 6.42 Å². The number of nitrogens with zero attached hydrogens (tertiary/aromatic N) is 2. The summed E-state index contributed by atoms with van der Waals surface area (Å²) in [6, 6.07) is 2.44. The van der Waals surface area contributed by atoms with Crippen LogP contribution in [0.1, 0.15) is 71.5 Å². The summed E-state index contributed by atoms with van der Waals surface area (Å²) in [7, 11) is 0. The van der Waals surface area contributed by atoms with Gasteiger partial charge in [-0.25, -0.2) is 0 Å². The van der Waals surface area contributed by atoms with Crippen LogP contribution in [0.5, 0.6) is 0 Å². The molecular formula is C16H28N2O. The highest BCUT2D eigenvalue weighted by atomic mass is 16.3. The van der Waals surface area contributed by atoms with Crippen molar-refractivity contribution >= 4 is 0 Å². The Morgan fingerprint density at radius 1 is 1.26 bits per heavy atom. The molecule has 0 bridgehead atoms. The molecule has 108 valence electrons. The van der Waals surface area contributed by atoms with Gasteiger partial charge in [0.1, 0.15) is 0 Å². The molecule has 1 aliphatic rings. The smallest absolute Gasteiger partial charge is 0.0703 e. The molecule has 0 aromatic carbocycles. The molecule has 1 heterocycles. The molecule has 0 spiro atoms. The van der Waals surface area contributed by atoms with E-state index < -0.39 is 5.60 Å². The summed E-state index contributed by atoms with van der Waals surface area (Å²) in [4.78, 5) is 0. The highest BCUT2D eigenvalue weighted by molar-refractivity contribution is 5.05. The van der Waals surface area contributed by atoms with Crippen LogP contribution in [0.3, 0.4) is 0 Å². The van der Waals surface area contributed by atoms with Gasteiger partial charge in [-0.2, -0.15) is 5.10 Å². The van der Waals surface area contributed by atoms with Crippen LogP contribution in [0.4, 0.5) is 0 Å². The minimum atomic E-state index is -0.552. The quantitative estimate of drug-likeness (QED) is 0.845. The predicted molar refractivity (Wildman–Crippen MR) is 78.1 cm³/mol. The van der Waals surface area contributed by atoms with Crippen molar-refractivity contribution in [2.75, 3.05) is 0 Å². The number of rotatable bonds is 3. The van der Waals surface area contributed by atoms with Crippen molar-refractivity contribution in [2.24, 2.45) is 5.41 Å². The van der Waals surface area contributed by atoms with E-state index in [0.29, 0.717) is 17.9 Å². The Labute approximate surface area is 117 Å². The molecule has 3 heteroatoms. The fourth-order valence-electron chi connectivity index (χ4n) is 2.99. The Morgan fingerprint density at radius 3 is 2.63 bits per heavy atom. The maximum Gasteiger partial charge on any atom is 0.0703 e. The molecule has 0 radical (unpaired) electrons. The molecule has 2 rings (SSSR count). The molecule has 0 saturated heterocycles. The van der Waals surface area contributed by atoms with Crippen LogP contribution < -0.4 is 0 Å². The van der Waals surface area contributed by atoms with E-state index in [1.807, 2.05) is 16.9 Å². The lowest BCUT2D eigenvalue weighted by Crippen LogP contribution is -2.31. The van der Waals surface area contributed by atoms with Gasteiger partial charge in [-0.1, -0.05) is 20.3 Å². The second kappa shape index (κ2) is 5.28. The number of aliphatic hydroxyl groups is 1. The maximum atomic E-state index is 10.8. The molecule has 1 N–H and O–H groups in total. The molecule has 1 fully saturated rings. The van der Waals surface area contributed by atoms with Gasteiger partial charge in [0.15, 0.2) is 0 Å². The zero-order valence-corrected chi connectivity index (χ0v) is 12.8. The van der Waals surface area contributed by atoms with Gasteiger partial charge in [0, 0.05) is 18.7 Å². The van der Waals surface area contributed by atoms with Gasteiger partial charge in [0.25, 0.3) is 0 Å². The topological polar surface area (TPSA) is 38.0 Å². The molecule has 1 atom stereocenters.